The third-order valence-corrected chi connectivity index (χ3v) is 5.38. The molecule has 0 amide bonds. The van der Waals surface area contributed by atoms with Gasteiger partial charge in [0.15, 0.2) is 5.82 Å². The minimum atomic E-state index is -0.327. The van der Waals surface area contributed by atoms with E-state index < -0.39 is 0 Å². The van der Waals surface area contributed by atoms with Gasteiger partial charge < -0.3 is 10.1 Å². The third-order valence-electron chi connectivity index (χ3n) is 4.20. The average Bonchev–Trinajstić information content (AvgIpc) is 3.36. The van der Waals surface area contributed by atoms with Crippen molar-refractivity contribution in [2.75, 3.05) is 11.9 Å². The Hall–Kier alpha value is -3.33. The number of hydrogen-bond donors (Lipinski definition) is 1. The number of ether oxygens (including phenoxy) is 1. The molecule has 4 rings (SSSR count). The van der Waals surface area contributed by atoms with Gasteiger partial charge in [0.25, 0.3) is 0 Å². The number of pyridine rings is 1. The van der Waals surface area contributed by atoms with Gasteiger partial charge in [-0.1, -0.05) is 6.07 Å². The minimum absolute atomic E-state index is 0.327. The Morgan fingerprint density at radius 2 is 2.18 bits per heavy atom. The van der Waals surface area contributed by atoms with Gasteiger partial charge in [-0.2, -0.15) is 5.10 Å². The molecule has 4 aromatic rings. The molecule has 0 saturated carbocycles. The van der Waals surface area contributed by atoms with E-state index in [0.29, 0.717) is 23.8 Å². The van der Waals surface area contributed by atoms with E-state index in [1.165, 1.54) is 17.7 Å². The Kier molecular flexibility index (Phi) is 4.98. The van der Waals surface area contributed by atoms with E-state index >= 15 is 0 Å². The lowest BCUT2D eigenvalue weighted by molar-refractivity contribution is 0.0531. The Morgan fingerprint density at radius 1 is 1.29 bits per heavy atom. The molecule has 142 valence electrons. The fraction of sp³-hybridized carbons (Fsp3) is 0.211. The quantitative estimate of drug-likeness (QED) is 0.501. The van der Waals surface area contributed by atoms with Crippen molar-refractivity contribution < 1.29 is 9.53 Å². The summed E-state index contributed by atoms with van der Waals surface area (Å²) in [5.74, 6) is 1.11. The number of thiophene rings is 1. The highest BCUT2D eigenvalue weighted by Gasteiger charge is 2.20. The zero-order chi connectivity index (χ0) is 19.5. The Bertz CT molecular complexity index is 1110. The van der Waals surface area contributed by atoms with Gasteiger partial charge in [-0.05, 0) is 37.1 Å². The summed E-state index contributed by atoms with van der Waals surface area (Å²) >= 11 is 1.32. The van der Waals surface area contributed by atoms with Gasteiger partial charge in [0.05, 0.1) is 12.0 Å². The van der Waals surface area contributed by atoms with Gasteiger partial charge in [-0.15, -0.1) is 11.3 Å². The number of hydrogen-bond acceptors (Lipinski definition) is 8. The summed E-state index contributed by atoms with van der Waals surface area (Å²) in [6.45, 7) is 4.56. The molecule has 0 aliphatic heterocycles. The molecule has 0 aliphatic rings. The minimum Gasteiger partial charge on any atom is -0.462 e. The number of nitrogens with zero attached hydrogens (tertiary/aromatic N) is 5. The highest BCUT2D eigenvalue weighted by molar-refractivity contribution is 7.20. The zero-order valence-electron chi connectivity index (χ0n) is 15.4. The predicted molar refractivity (Wildman–Crippen MR) is 107 cm³/mol. The van der Waals surface area contributed by atoms with E-state index in [4.69, 9.17) is 4.74 Å². The van der Waals surface area contributed by atoms with Crippen molar-refractivity contribution >= 4 is 33.3 Å². The van der Waals surface area contributed by atoms with Crippen LogP contribution in [0.4, 0.5) is 5.82 Å². The van der Waals surface area contributed by atoms with E-state index in [2.05, 4.69) is 25.4 Å². The molecule has 4 aromatic heterocycles. The van der Waals surface area contributed by atoms with Gasteiger partial charge in [-0.25, -0.2) is 24.4 Å². The van der Waals surface area contributed by atoms with Gasteiger partial charge in [0.1, 0.15) is 21.9 Å². The fourth-order valence-corrected chi connectivity index (χ4v) is 3.89. The number of anilines is 1. The zero-order valence-corrected chi connectivity index (χ0v) is 16.2. The van der Waals surface area contributed by atoms with Crippen LogP contribution in [-0.2, 0) is 11.3 Å². The highest BCUT2D eigenvalue weighted by atomic mass is 32.1. The normalized spacial score (nSPS) is 10.9. The molecule has 0 aliphatic carbocycles. The Labute approximate surface area is 165 Å². The standard InChI is InChI=1S/C19H18N6O2S/c1-3-27-19(26)16-12(2)15-17(22-11-23-18(15)28-16)21-10-13-5-6-14(20-9-13)25-8-4-7-24-25/h4-9,11H,3,10H2,1-2H3,(H,21,22,23). The summed E-state index contributed by atoms with van der Waals surface area (Å²) in [6, 6.07) is 5.75. The molecular formula is C19H18N6O2S. The van der Waals surface area contributed by atoms with Crippen LogP contribution in [0.2, 0.25) is 0 Å². The molecule has 0 saturated heterocycles. The topological polar surface area (TPSA) is 94.8 Å². The number of aromatic nitrogens is 5. The van der Waals surface area contributed by atoms with Crippen molar-refractivity contribution in [1.29, 1.82) is 0 Å². The first-order valence-electron chi connectivity index (χ1n) is 8.77. The molecule has 0 atom stereocenters. The molecular weight excluding hydrogens is 376 g/mol. The van der Waals surface area contributed by atoms with Crippen LogP contribution in [0.1, 0.15) is 27.7 Å². The second-order valence-corrected chi connectivity index (χ2v) is 7.01. The summed E-state index contributed by atoms with van der Waals surface area (Å²) in [4.78, 5) is 26.6. The third kappa shape index (κ3) is 3.44. The first-order valence-corrected chi connectivity index (χ1v) is 9.59. The average molecular weight is 394 g/mol. The van der Waals surface area contributed by atoms with Crippen molar-refractivity contribution in [2.24, 2.45) is 0 Å². The van der Waals surface area contributed by atoms with Gasteiger partial charge in [-0.3, -0.25) is 0 Å². The maximum Gasteiger partial charge on any atom is 0.348 e. The van der Waals surface area contributed by atoms with E-state index in [-0.39, 0.29) is 5.97 Å². The molecule has 0 aromatic carbocycles. The van der Waals surface area contributed by atoms with Crippen LogP contribution >= 0.6 is 11.3 Å². The Balaban J connectivity index is 1.55. The number of aryl methyl sites for hydroxylation is 1. The largest absolute Gasteiger partial charge is 0.462 e. The predicted octanol–water partition coefficient (Wildman–Crippen LogP) is 3.37. The van der Waals surface area contributed by atoms with Crippen molar-refractivity contribution in [3.8, 4) is 5.82 Å². The van der Waals surface area contributed by atoms with Crippen molar-refractivity contribution in [3.05, 3.63) is 59.1 Å². The molecule has 1 N–H and O–H groups in total. The molecule has 4 heterocycles. The highest BCUT2D eigenvalue weighted by Crippen LogP contribution is 2.33. The summed E-state index contributed by atoms with van der Waals surface area (Å²) in [6.07, 6.45) is 6.85. The number of carbonyl (C=O) groups is 1. The van der Waals surface area contributed by atoms with Crippen molar-refractivity contribution in [2.45, 2.75) is 20.4 Å². The molecule has 28 heavy (non-hydrogen) atoms. The van der Waals surface area contributed by atoms with Gasteiger partial charge in [0, 0.05) is 25.1 Å². The molecule has 8 nitrogen and oxygen atoms in total. The van der Waals surface area contributed by atoms with E-state index in [1.807, 2.05) is 31.3 Å². The van der Waals surface area contributed by atoms with Crippen molar-refractivity contribution in [1.82, 2.24) is 24.7 Å². The van der Waals surface area contributed by atoms with Gasteiger partial charge in [0.2, 0.25) is 0 Å². The Morgan fingerprint density at radius 3 is 2.89 bits per heavy atom. The fourth-order valence-electron chi connectivity index (χ4n) is 2.84. The molecule has 0 fully saturated rings. The molecule has 0 bridgehead atoms. The van der Waals surface area contributed by atoms with Crippen LogP contribution in [-0.4, -0.2) is 37.3 Å². The summed E-state index contributed by atoms with van der Waals surface area (Å²) in [5.41, 5.74) is 1.83. The van der Waals surface area contributed by atoms with E-state index in [1.54, 1.807) is 24.0 Å². The van der Waals surface area contributed by atoms with Crippen LogP contribution in [0.5, 0.6) is 0 Å². The molecule has 0 unspecified atom stereocenters. The first-order chi connectivity index (χ1) is 13.7. The van der Waals surface area contributed by atoms with Crippen LogP contribution < -0.4 is 5.32 Å². The van der Waals surface area contributed by atoms with E-state index in [9.17, 15) is 4.79 Å². The second kappa shape index (κ2) is 7.73. The molecule has 0 spiro atoms. The maximum absolute atomic E-state index is 12.2. The number of esters is 1. The number of carbonyl (C=O) groups excluding carboxylic acids is 1. The lowest BCUT2D eigenvalue weighted by Crippen LogP contribution is -2.05. The number of fused-ring (bicyclic) bond motifs is 1. The smallest absolute Gasteiger partial charge is 0.348 e. The van der Waals surface area contributed by atoms with Crippen LogP contribution in [0.3, 0.4) is 0 Å². The van der Waals surface area contributed by atoms with Crippen LogP contribution in [0.15, 0.2) is 43.1 Å². The van der Waals surface area contributed by atoms with E-state index in [0.717, 1.165) is 27.2 Å². The summed E-state index contributed by atoms with van der Waals surface area (Å²) < 4.78 is 6.84. The monoisotopic (exact) mass is 394 g/mol. The lowest BCUT2D eigenvalue weighted by atomic mass is 10.2. The van der Waals surface area contributed by atoms with Gasteiger partial charge >= 0.3 is 5.97 Å². The van der Waals surface area contributed by atoms with Crippen LogP contribution in [0.25, 0.3) is 16.0 Å². The lowest BCUT2D eigenvalue weighted by Gasteiger charge is -2.08. The second-order valence-electron chi connectivity index (χ2n) is 6.01. The first kappa shape index (κ1) is 18.1. The summed E-state index contributed by atoms with van der Waals surface area (Å²) in [7, 11) is 0. The molecule has 9 heteroatoms. The number of rotatable bonds is 6. The summed E-state index contributed by atoms with van der Waals surface area (Å²) in [5, 5.41) is 8.34. The maximum atomic E-state index is 12.2. The SMILES string of the molecule is CCOC(=O)c1sc2ncnc(NCc3ccc(-n4cccn4)nc3)c2c1C. The number of nitrogens with one attached hydrogen (secondary N) is 1. The van der Waals surface area contributed by atoms with Crippen molar-refractivity contribution in [3.63, 3.8) is 0 Å². The van der Waals surface area contributed by atoms with Crippen LogP contribution in [0, 0.1) is 6.92 Å². The molecule has 0 radical (unpaired) electrons.